The molecular weight excluding hydrogens is 322 g/mol. The number of anilines is 5. The van der Waals surface area contributed by atoms with Gasteiger partial charge in [-0.15, -0.1) is 0 Å². The first-order valence-electron chi connectivity index (χ1n) is 7.50. The highest BCUT2D eigenvalue weighted by atomic mass is 35.5. The first kappa shape index (κ1) is 16.1. The molecule has 0 spiro atoms. The second kappa shape index (κ2) is 6.76. The van der Waals surface area contributed by atoms with Crippen LogP contribution in [0, 0.1) is 13.8 Å². The Balaban J connectivity index is 1.88. The van der Waals surface area contributed by atoms with Gasteiger partial charge in [0, 0.05) is 16.4 Å². The Morgan fingerprint density at radius 1 is 0.917 bits per heavy atom. The molecule has 0 fully saturated rings. The fourth-order valence-electron chi connectivity index (χ4n) is 2.22. The number of hydrogen-bond acceptors (Lipinski definition) is 5. The Hall–Kier alpha value is -2.79. The molecule has 2 aromatic carbocycles. The Morgan fingerprint density at radius 2 is 1.58 bits per heavy atom. The van der Waals surface area contributed by atoms with Crippen LogP contribution in [-0.4, -0.2) is 9.97 Å². The van der Waals surface area contributed by atoms with Gasteiger partial charge in [0.1, 0.15) is 12.0 Å². The van der Waals surface area contributed by atoms with Crippen LogP contribution < -0.4 is 16.4 Å². The van der Waals surface area contributed by atoms with E-state index in [2.05, 4.69) is 20.6 Å². The highest BCUT2D eigenvalue weighted by Gasteiger charge is 2.10. The van der Waals surface area contributed by atoms with Crippen LogP contribution in [0.5, 0.6) is 0 Å². The van der Waals surface area contributed by atoms with Crippen molar-refractivity contribution in [2.24, 2.45) is 0 Å². The Morgan fingerprint density at radius 3 is 2.29 bits per heavy atom. The molecule has 0 saturated heterocycles. The second-order valence-electron chi connectivity index (χ2n) is 5.56. The summed E-state index contributed by atoms with van der Waals surface area (Å²) >= 11 is 6.06. The summed E-state index contributed by atoms with van der Waals surface area (Å²) in [6, 6.07) is 13.6. The molecule has 0 amide bonds. The maximum absolute atomic E-state index is 6.21. The third kappa shape index (κ3) is 3.58. The second-order valence-corrected chi connectivity index (χ2v) is 6.00. The predicted molar refractivity (Wildman–Crippen MR) is 100 cm³/mol. The summed E-state index contributed by atoms with van der Waals surface area (Å²) in [4.78, 5) is 8.46. The van der Waals surface area contributed by atoms with Crippen molar-refractivity contribution in [1.29, 1.82) is 0 Å². The summed E-state index contributed by atoms with van der Waals surface area (Å²) in [5.74, 6) is 1.08. The van der Waals surface area contributed by atoms with E-state index in [1.807, 2.05) is 56.3 Å². The number of halogens is 1. The maximum Gasteiger partial charge on any atom is 0.159 e. The lowest BCUT2D eigenvalue weighted by molar-refractivity contribution is 1.17. The van der Waals surface area contributed by atoms with Crippen molar-refractivity contribution in [3.63, 3.8) is 0 Å². The van der Waals surface area contributed by atoms with E-state index in [1.54, 1.807) is 0 Å². The lowest BCUT2D eigenvalue weighted by Crippen LogP contribution is -2.05. The van der Waals surface area contributed by atoms with E-state index in [9.17, 15) is 0 Å². The zero-order valence-electron chi connectivity index (χ0n) is 13.5. The van der Waals surface area contributed by atoms with E-state index < -0.39 is 0 Å². The molecule has 4 N–H and O–H groups in total. The van der Waals surface area contributed by atoms with E-state index in [0.717, 1.165) is 16.9 Å². The van der Waals surface area contributed by atoms with Crippen LogP contribution in [0.4, 0.5) is 28.7 Å². The van der Waals surface area contributed by atoms with Crippen LogP contribution in [0.3, 0.4) is 0 Å². The summed E-state index contributed by atoms with van der Waals surface area (Å²) < 4.78 is 0. The molecule has 122 valence electrons. The van der Waals surface area contributed by atoms with Gasteiger partial charge in [0.25, 0.3) is 0 Å². The molecule has 1 heterocycles. The molecule has 24 heavy (non-hydrogen) atoms. The zero-order chi connectivity index (χ0) is 17.1. The van der Waals surface area contributed by atoms with Gasteiger partial charge in [-0.1, -0.05) is 35.4 Å². The van der Waals surface area contributed by atoms with Gasteiger partial charge in [-0.2, -0.15) is 0 Å². The first-order valence-corrected chi connectivity index (χ1v) is 7.88. The van der Waals surface area contributed by atoms with Gasteiger partial charge in [-0.25, -0.2) is 9.97 Å². The van der Waals surface area contributed by atoms with Crippen LogP contribution in [-0.2, 0) is 0 Å². The Labute approximate surface area is 145 Å². The molecule has 0 saturated carbocycles. The fraction of sp³-hybridized carbons (Fsp3) is 0.111. The molecule has 1 aromatic heterocycles. The van der Waals surface area contributed by atoms with Crippen LogP contribution in [0.15, 0.2) is 48.8 Å². The monoisotopic (exact) mass is 339 g/mol. The number of benzene rings is 2. The fourth-order valence-corrected chi connectivity index (χ4v) is 2.40. The smallest absolute Gasteiger partial charge is 0.159 e. The quantitative estimate of drug-likeness (QED) is 0.635. The molecule has 5 nitrogen and oxygen atoms in total. The van der Waals surface area contributed by atoms with Gasteiger partial charge in [-0.05, 0) is 43.7 Å². The zero-order valence-corrected chi connectivity index (χ0v) is 14.2. The number of nitrogens with one attached hydrogen (secondary N) is 2. The topological polar surface area (TPSA) is 75.9 Å². The van der Waals surface area contributed by atoms with Crippen LogP contribution in [0.25, 0.3) is 0 Å². The summed E-state index contributed by atoms with van der Waals surface area (Å²) in [5, 5.41) is 7.07. The van der Waals surface area contributed by atoms with Crippen molar-refractivity contribution in [1.82, 2.24) is 9.97 Å². The highest BCUT2D eigenvalue weighted by Crippen LogP contribution is 2.30. The number of nitrogens with zero attached hydrogens (tertiary/aromatic N) is 2. The minimum atomic E-state index is 0.442. The largest absolute Gasteiger partial charge is 0.393 e. The number of rotatable bonds is 4. The van der Waals surface area contributed by atoms with Crippen LogP contribution in [0.1, 0.15) is 11.1 Å². The normalized spacial score (nSPS) is 10.5. The summed E-state index contributed by atoms with van der Waals surface area (Å²) in [6.07, 6.45) is 1.47. The number of aromatic nitrogens is 2. The van der Waals surface area contributed by atoms with Gasteiger partial charge >= 0.3 is 0 Å². The molecule has 0 aliphatic carbocycles. The van der Waals surface area contributed by atoms with Crippen LogP contribution in [0.2, 0.25) is 5.02 Å². The number of hydrogen-bond donors (Lipinski definition) is 3. The minimum absolute atomic E-state index is 0.442. The highest BCUT2D eigenvalue weighted by molar-refractivity contribution is 6.30. The standard InChI is InChI=1S/C18H18ClN5/c1-11-3-7-14(8-4-11)23-17-16(20)18(22-10-21-17)24-15-9-13(19)6-5-12(15)2/h3-10H,20H2,1-2H3,(H2,21,22,23,24). The van der Waals surface area contributed by atoms with E-state index in [1.165, 1.54) is 11.9 Å². The molecule has 3 aromatic rings. The third-order valence-corrected chi connectivity index (χ3v) is 3.89. The molecule has 6 heteroatoms. The minimum Gasteiger partial charge on any atom is -0.393 e. The molecule has 0 radical (unpaired) electrons. The number of aryl methyl sites for hydroxylation is 2. The molecule has 0 aliphatic heterocycles. The van der Waals surface area contributed by atoms with Gasteiger partial charge in [0.05, 0.1) is 0 Å². The average Bonchev–Trinajstić information content (AvgIpc) is 2.56. The lowest BCUT2D eigenvalue weighted by Gasteiger charge is -2.14. The van der Waals surface area contributed by atoms with Gasteiger partial charge in [0.15, 0.2) is 11.6 Å². The summed E-state index contributed by atoms with van der Waals surface area (Å²) in [6.45, 7) is 4.03. The van der Waals surface area contributed by atoms with Gasteiger partial charge in [-0.3, -0.25) is 0 Å². The lowest BCUT2D eigenvalue weighted by atomic mass is 10.2. The number of nitrogens with two attached hydrogens (primary N) is 1. The van der Waals surface area contributed by atoms with Crippen LogP contribution >= 0.6 is 11.6 Å². The molecule has 0 bridgehead atoms. The molecular formula is C18H18ClN5. The Bertz CT molecular complexity index is 862. The van der Waals surface area contributed by atoms with E-state index in [0.29, 0.717) is 22.3 Å². The summed E-state index contributed by atoms with van der Waals surface area (Å²) in [7, 11) is 0. The molecule has 0 atom stereocenters. The van der Waals surface area contributed by atoms with Crippen molar-refractivity contribution in [3.8, 4) is 0 Å². The van der Waals surface area contributed by atoms with E-state index in [4.69, 9.17) is 17.3 Å². The van der Waals surface area contributed by atoms with Crippen molar-refractivity contribution in [3.05, 3.63) is 64.9 Å². The van der Waals surface area contributed by atoms with Gasteiger partial charge < -0.3 is 16.4 Å². The predicted octanol–water partition coefficient (Wildman–Crippen LogP) is 4.82. The maximum atomic E-state index is 6.21. The molecule has 0 unspecified atom stereocenters. The van der Waals surface area contributed by atoms with Crippen molar-refractivity contribution >= 4 is 40.3 Å². The molecule has 3 rings (SSSR count). The third-order valence-electron chi connectivity index (χ3n) is 3.65. The summed E-state index contributed by atoms with van der Waals surface area (Å²) in [5.41, 5.74) is 10.7. The van der Waals surface area contributed by atoms with Crippen molar-refractivity contribution < 1.29 is 0 Å². The molecule has 0 aliphatic rings. The van der Waals surface area contributed by atoms with E-state index in [-0.39, 0.29) is 0 Å². The van der Waals surface area contributed by atoms with E-state index >= 15 is 0 Å². The van der Waals surface area contributed by atoms with Gasteiger partial charge in [0.2, 0.25) is 0 Å². The first-order chi connectivity index (χ1) is 11.5. The van der Waals surface area contributed by atoms with Crippen molar-refractivity contribution in [2.45, 2.75) is 13.8 Å². The number of nitrogen functional groups attached to an aromatic ring is 1. The Kier molecular flexibility index (Phi) is 4.53. The van der Waals surface area contributed by atoms with Crippen molar-refractivity contribution in [2.75, 3.05) is 16.4 Å². The SMILES string of the molecule is Cc1ccc(Nc2ncnc(Nc3cc(Cl)ccc3C)c2N)cc1. The average molecular weight is 340 g/mol.